The molecular weight excluding hydrogens is 679 g/mol. The normalized spacial score (nSPS) is 26.1. The van der Waals surface area contributed by atoms with Crippen LogP contribution in [-0.4, -0.2) is 63.7 Å². The summed E-state index contributed by atoms with van der Waals surface area (Å²) in [6.07, 6.45) is 0.872. The molecule has 0 spiro atoms. The number of nitrogens with one attached hydrogen (secondary N) is 2. The van der Waals surface area contributed by atoms with Gasteiger partial charge in [-0.2, -0.15) is 0 Å². The van der Waals surface area contributed by atoms with Crippen molar-refractivity contribution in [1.29, 1.82) is 0 Å². The number of aromatic amines is 1. The maximum Gasteiger partial charge on any atom is 0.305 e. The Kier molecular flexibility index (Phi) is 8.42. The van der Waals surface area contributed by atoms with Crippen LogP contribution in [0.25, 0.3) is 10.8 Å². The number of hydrogen-bond acceptors (Lipinski definition) is 9. The van der Waals surface area contributed by atoms with Crippen LogP contribution in [0, 0.1) is 29.6 Å². The zero-order chi connectivity index (χ0) is 34.7. The molecule has 50 heavy (non-hydrogen) atoms. The number of hydrogen-bond donors (Lipinski definition) is 3. The van der Waals surface area contributed by atoms with Crippen molar-refractivity contribution in [1.82, 2.24) is 9.88 Å². The van der Waals surface area contributed by atoms with Gasteiger partial charge in [-0.1, -0.05) is 47.7 Å². The number of benzene rings is 3. The molecule has 11 nitrogen and oxygen atoms in total. The van der Waals surface area contributed by atoms with E-state index in [0.717, 1.165) is 32.7 Å². The summed E-state index contributed by atoms with van der Waals surface area (Å²) >= 11 is 2.78. The lowest BCUT2D eigenvalue weighted by Gasteiger charge is -2.43. The number of H-pyrrole nitrogens is 1. The maximum absolute atomic E-state index is 13.7. The number of amides is 3. The topological polar surface area (TPSA) is 155 Å². The number of aliphatic carboxylic acids is 1. The Balaban J connectivity index is 1.05. The van der Waals surface area contributed by atoms with Gasteiger partial charge in [0, 0.05) is 34.7 Å². The van der Waals surface area contributed by atoms with Gasteiger partial charge in [-0.05, 0) is 78.1 Å². The van der Waals surface area contributed by atoms with E-state index in [2.05, 4.69) is 10.3 Å². The van der Waals surface area contributed by atoms with Crippen LogP contribution in [-0.2, 0) is 19.2 Å². The van der Waals surface area contributed by atoms with E-state index in [1.807, 2.05) is 61.5 Å². The number of imide groups is 1. The summed E-state index contributed by atoms with van der Waals surface area (Å²) in [5.74, 6) is -1.97. The molecule has 3 heterocycles. The molecule has 8 rings (SSSR count). The van der Waals surface area contributed by atoms with Crippen molar-refractivity contribution < 1.29 is 33.8 Å². The summed E-state index contributed by atoms with van der Waals surface area (Å²) in [5.41, 5.74) is 1.58. The minimum absolute atomic E-state index is 0.00473. The van der Waals surface area contributed by atoms with Gasteiger partial charge in [-0.3, -0.25) is 28.9 Å². The molecule has 6 unspecified atom stereocenters. The Labute approximate surface area is 295 Å². The van der Waals surface area contributed by atoms with Gasteiger partial charge < -0.3 is 24.9 Å². The highest BCUT2D eigenvalue weighted by atomic mass is 32.2. The maximum atomic E-state index is 13.7. The first-order valence-corrected chi connectivity index (χ1v) is 18.6. The lowest BCUT2D eigenvalue weighted by molar-refractivity contribution is -0.142. The van der Waals surface area contributed by atoms with Crippen molar-refractivity contribution in [3.05, 3.63) is 80.8 Å². The number of rotatable bonds is 11. The highest BCUT2D eigenvalue weighted by molar-refractivity contribution is 8.00. The summed E-state index contributed by atoms with van der Waals surface area (Å²) in [6.45, 7) is 2.11. The first-order valence-electron chi connectivity index (χ1n) is 16.9. The summed E-state index contributed by atoms with van der Waals surface area (Å²) in [4.78, 5) is 69.1. The lowest BCUT2D eigenvalue weighted by atomic mass is 9.68. The highest BCUT2D eigenvalue weighted by Gasteiger charge is 2.69. The van der Waals surface area contributed by atoms with Crippen LogP contribution in [0.5, 0.6) is 11.5 Å². The number of ether oxygens (including phenoxy) is 2. The number of thiazole rings is 1. The van der Waals surface area contributed by atoms with Crippen LogP contribution in [0.3, 0.4) is 0 Å². The number of aromatic nitrogens is 1. The molecule has 3 amide bonds. The molecular formula is C37H35N3O8S2. The number of carbonyl (C=O) groups is 4. The summed E-state index contributed by atoms with van der Waals surface area (Å²) in [5, 5.41) is 14.9. The number of nitrogens with zero attached hydrogens (tertiary/aromatic N) is 1. The van der Waals surface area contributed by atoms with E-state index in [0.29, 0.717) is 23.8 Å². The van der Waals surface area contributed by atoms with E-state index in [1.54, 1.807) is 17.8 Å². The van der Waals surface area contributed by atoms with E-state index in [4.69, 9.17) is 14.6 Å². The highest BCUT2D eigenvalue weighted by Crippen LogP contribution is 2.68. The third-order valence-electron chi connectivity index (χ3n) is 10.6. The van der Waals surface area contributed by atoms with Gasteiger partial charge in [0.15, 0.2) is 18.1 Å². The summed E-state index contributed by atoms with van der Waals surface area (Å²) in [6, 6.07) is 19.3. The smallest absolute Gasteiger partial charge is 0.305 e. The van der Waals surface area contributed by atoms with Gasteiger partial charge in [0.05, 0.1) is 23.5 Å². The third-order valence-corrected chi connectivity index (χ3v) is 13.2. The van der Waals surface area contributed by atoms with Gasteiger partial charge >= 0.3 is 10.8 Å². The minimum Gasteiger partial charge on any atom is -0.490 e. The number of carboxylic acid groups (broad SMARTS) is 1. The van der Waals surface area contributed by atoms with Crippen molar-refractivity contribution in [3.8, 4) is 11.5 Å². The quantitative estimate of drug-likeness (QED) is 0.175. The molecule has 2 bridgehead atoms. The average Bonchev–Trinajstić information content (AvgIpc) is 3.83. The van der Waals surface area contributed by atoms with E-state index in [9.17, 15) is 24.0 Å². The molecule has 258 valence electrons. The van der Waals surface area contributed by atoms with Crippen molar-refractivity contribution in [3.63, 3.8) is 0 Å². The van der Waals surface area contributed by atoms with Gasteiger partial charge in [-0.25, -0.2) is 0 Å². The fourth-order valence-corrected chi connectivity index (χ4v) is 11.7. The molecule has 2 aliphatic carbocycles. The van der Waals surface area contributed by atoms with Crippen LogP contribution in [0.15, 0.2) is 70.5 Å². The Bertz CT molecular complexity index is 2090. The Morgan fingerprint density at radius 1 is 0.960 bits per heavy atom. The van der Waals surface area contributed by atoms with E-state index in [-0.39, 0.29) is 77.5 Å². The molecule has 13 heteroatoms. The van der Waals surface area contributed by atoms with Gasteiger partial charge in [-0.15, -0.1) is 11.8 Å². The van der Waals surface area contributed by atoms with Gasteiger partial charge in [0.25, 0.3) is 5.91 Å². The van der Waals surface area contributed by atoms with Crippen LogP contribution in [0.2, 0.25) is 0 Å². The lowest BCUT2D eigenvalue weighted by Crippen LogP contribution is -2.42. The van der Waals surface area contributed by atoms with Crippen LogP contribution in [0.4, 0.5) is 5.69 Å². The zero-order valence-electron chi connectivity index (χ0n) is 27.1. The molecule has 2 aliphatic heterocycles. The van der Waals surface area contributed by atoms with Crippen molar-refractivity contribution >= 4 is 63.2 Å². The molecule has 1 aromatic heterocycles. The summed E-state index contributed by atoms with van der Waals surface area (Å²) in [7, 11) is 0. The number of fused-ring (bicyclic) bond motifs is 10. The van der Waals surface area contributed by atoms with Gasteiger partial charge in [0.2, 0.25) is 11.8 Å². The Morgan fingerprint density at radius 3 is 2.52 bits per heavy atom. The van der Waals surface area contributed by atoms with Crippen LogP contribution in [0.1, 0.15) is 42.5 Å². The summed E-state index contributed by atoms with van der Waals surface area (Å²) < 4.78 is 12.0. The number of thioether (sulfide) groups is 1. The number of likely N-dealkylation sites (tertiary alicyclic amines) is 1. The number of carboxylic acids is 1. The molecule has 7 atom stereocenters. The average molecular weight is 714 g/mol. The molecule has 2 saturated carbocycles. The van der Waals surface area contributed by atoms with Crippen LogP contribution >= 0.6 is 23.1 Å². The van der Waals surface area contributed by atoms with Crippen molar-refractivity contribution in [2.75, 3.05) is 25.1 Å². The third kappa shape index (κ3) is 5.56. The molecule has 3 aromatic carbocycles. The monoisotopic (exact) mass is 713 g/mol. The standard InChI is InChI=1S/C37H35N3O8S2/c1-2-47-25-15-20(10-12-24(25)48-17-26(41)38-21-11-9-18-6-3-4-7-19(18)14-21)28-29-22-16-23(32(29)49-34-33(28)50-37(46)39-34)31-30(22)35(44)40(36(31)45)13-5-8-27(42)43/h3-4,6-7,9-12,14-15,22-23,28-32H,2,5,8,13,16-17H2,1H3,(H,38,41)(H,39,46)(H,42,43)/t22?,23?,28-,29?,30?,31?,32?/m1/s1. The van der Waals surface area contributed by atoms with Crippen molar-refractivity contribution in [2.45, 2.75) is 42.4 Å². The van der Waals surface area contributed by atoms with E-state index < -0.39 is 17.8 Å². The van der Waals surface area contributed by atoms with Gasteiger partial charge in [0.1, 0.15) is 0 Å². The molecule has 0 radical (unpaired) electrons. The Morgan fingerprint density at radius 2 is 1.74 bits per heavy atom. The molecule has 3 fully saturated rings. The second kappa shape index (κ2) is 12.9. The molecule has 1 saturated heterocycles. The SMILES string of the molecule is CCOc1cc([C@H]2c3sc(=O)[nH]c3SC3C4CC(C5C(=O)N(CCCC(=O)O)C(=O)C45)C32)ccc1OCC(=O)Nc1ccc2ccccc2c1. The molecule has 4 aromatic rings. The van der Waals surface area contributed by atoms with E-state index >= 15 is 0 Å². The predicted molar refractivity (Wildman–Crippen MR) is 188 cm³/mol. The van der Waals surface area contributed by atoms with Crippen LogP contribution < -0.4 is 19.7 Å². The Hall–Kier alpha value is -4.62. The number of anilines is 1. The second-order valence-corrected chi connectivity index (χ2v) is 15.5. The van der Waals surface area contributed by atoms with E-state index in [1.165, 1.54) is 16.2 Å². The minimum atomic E-state index is -0.957. The first kappa shape index (κ1) is 32.6. The number of carbonyl (C=O) groups excluding carboxylic acids is 3. The van der Waals surface area contributed by atoms with Crippen molar-refractivity contribution in [2.24, 2.45) is 29.6 Å². The molecule has 3 N–H and O–H groups in total. The fraction of sp³-hybridized carbons (Fsp3) is 0.378. The fourth-order valence-electron chi connectivity index (χ4n) is 8.77. The second-order valence-electron chi connectivity index (χ2n) is 13.3. The predicted octanol–water partition coefficient (Wildman–Crippen LogP) is 5.34. The largest absolute Gasteiger partial charge is 0.490 e. The molecule has 4 aliphatic rings. The first-order chi connectivity index (χ1) is 24.2. The zero-order valence-corrected chi connectivity index (χ0v) is 28.8.